The molecular weight excluding hydrogens is 292 g/mol. The van der Waals surface area contributed by atoms with Crippen LogP contribution in [0.4, 0.5) is 8.78 Å². The van der Waals surface area contributed by atoms with E-state index in [1.807, 2.05) is 0 Å². The van der Waals surface area contributed by atoms with E-state index in [-0.39, 0.29) is 18.7 Å². The van der Waals surface area contributed by atoms with E-state index in [2.05, 4.69) is 0 Å². The first kappa shape index (κ1) is 14.2. The molecule has 0 unspecified atom stereocenters. The zero-order valence-corrected chi connectivity index (χ0v) is 11.3. The van der Waals surface area contributed by atoms with Crippen LogP contribution in [0.1, 0.15) is 15.9 Å². The standard InChI is InChI=1S/C16H11F2NO3/c17-11-3-4-12(14(18)6-11)9-1-2-10-7-19(8-15(20)21)16(22)13(10)5-9/h1-6H,7-8H2,(H,20,21). The third-order valence-corrected chi connectivity index (χ3v) is 3.56. The highest BCUT2D eigenvalue weighted by atomic mass is 19.1. The van der Waals surface area contributed by atoms with Gasteiger partial charge in [0.15, 0.2) is 0 Å². The Balaban J connectivity index is 1.98. The van der Waals surface area contributed by atoms with Crippen molar-refractivity contribution < 1.29 is 23.5 Å². The topological polar surface area (TPSA) is 57.6 Å². The van der Waals surface area contributed by atoms with E-state index in [0.29, 0.717) is 16.7 Å². The number of hydrogen-bond donors (Lipinski definition) is 1. The molecule has 1 heterocycles. The monoisotopic (exact) mass is 303 g/mol. The average Bonchev–Trinajstić information content (AvgIpc) is 2.74. The molecule has 2 aromatic rings. The number of nitrogens with zero attached hydrogens (tertiary/aromatic N) is 1. The lowest BCUT2D eigenvalue weighted by molar-refractivity contribution is -0.137. The van der Waals surface area contributed by atoms with Gasteiger partial charge in [-0.15, -0.1) is 0 Å². The number of rotatable bonds is 3. The number of fused-ring (bicyclic) bond motifs is 1. The van der Waals surface area contributed by atoms with Crippen molar-refractivity contribution in [2.24, 2.45) is 0 Å². The van der Waals surface area contributed by atoms with Crippen LogP contribution < -0.4 is 0 Å². The third-order valence-electron chi connectivity index (χ3n) is 3.56. The van der Waals surface area contributed by atoms with Crippen LogP contribution in [0, 0.1) is 11.6 Å². The van der Waals surface area contributed by atoms with E-state index in [0.717, 1.165) is 12.1 Å². The second-order valence-electron chi connectivity index (χ2n) is 5.05. The van der Waals surface area contributed by atoms with Gasteiger partial charge in [-0.25, -0.2) is 8.78 Å². The SMILES string of the molecule is O=C(O)CN1Cc2ccc(-c3ccc(F)cc3F)cc2C1=O. The fourth-order valence-corrected chi connectivity index (χ4v) is 2.54. The Morgan fingerprint density at radius 3 is 2.59 bits per heavy atom. The number of carboxylic acid groups (broad SMARTS) is 1. The molecule has 1 aliphatic rings. The van der Waals surface area contributed by atoms with E-state index >= 15 is 0 Å². The van der Waals surface area contributed by atoms with Gasteiger partial charge in [0.05, 0.1) is 0 Å². The first-order valence-corrected chi connectivity index (χ1v) is 6.55. The predicted octanol–water partition coefficient (Wildman–Crippen LogP) is 2.67. The van der Waals surface area contributed by atoms with E-state index in [1.54, 1.807) is 12.1 Å². The van der Waals surface area contributed by atoms with Gasteiger partial charge >= 0.3 is 5.97 Å². The quantitative estimate of drug-likeness (QED) is 0.948. The minimum absolute atomic E-state index is 0.189. The zero-order chi connectivity index (χ0) is 15.9. The normalized spacial score (nSPS) is 13.4. The van der Waals surface area contributed by atoms with Gasteiger partial charge in [-0.2, -0.15) is 0 Å². The Morgan fingerprint density at radius 1 is 1.14 bits per heavy atom. The number of halogens is 2. The number of amides is 1. The molecule has 0 saturated heterocycles. The van der Waals surface area contributed by atoms with Gasteiger partial charge in [0, 0.05) is 23.7 Å². The number of benzene rings is 2. The lowest BCUT2D eigenvalue weighted by atomic mass is 10.00. The Hall–Kier alpha value is -2.76. The van der Waals surface area contributed by atoms with Crippen molar-refractivity contribution in [3.8, 4) is 11.1 Å². The summed E-state index contributed by atoms with van der Waals surface area (Å²) in [5, 5.41) is 8.79. The summed E-state index contributed by atoms with van der Waals surface area (Å²) in [7, 11) is 0. The van der Waals surface area contributed by atoms with Gasteiger partial charge in [0.2, 0.25) is 0 Å². The Morgan fingerprint density at radius 2 is 1.91 bits per heavy atom. The van der Waals surface area contributed by atoms with Crippen LogP contribution in [0.5, 0.6) is 0 Å². The fourth-order valence-electron chi connectivity index (χ4n) is 2.54. The number of carboxylic acids is 1. The first-order chi connectivity index (χ1) is 10.5. The van der Waals surface area contributed by atoms with Crippen LogP contribution in [-0.2, 0) is 11.3 Å². The average molecular weight is 303 g/mol. The Kier molecular flexibility index (Phi) is 3.36. The zero-order valence-electron chi connectivity index (χ0n) is 11.3. The van der Waals surface area contributed by atoms with Crippen LogP contribution >= 0.6 is 0 Å². The van der Waals surface area contributed by atoms with Gasteiger partial charge in [0.1, 0.15) is 18.2 Å². The second kappa shape index (κ2) is 5.22. The maximum Gasteiger partial charge on any atom is 0.323 e. The van der Waals surface area contributed by atoms with Gasteiger partial charge in [0.25, 0.3) is 5.91 Å². The van der Waals surface area contributed by atoms with Gasteiger partial charge in [-0.3, -0.25) is 9.59 Å². The number of carbonyl (C=O) groups is 2. The molecule has 6 heteroatoms. The highest BCUT2D eigenvalue weighted by molar-refractivity contribution is 6.00. The molecule has 0 bridgehead atoms. The van der Waals surface area contributed by atoms with E-state index in [1.165, 1.54) is 17.0 Å². The van der Waals surface area contributed by atoms with Gasteiger partial charge in [-0.05, 0) is 29.3 Å². The van der Waals surface area contributed by atoms with Crippen molar-refractivity contribution >= 4 is 11.9 Å². The summed E-state index contributed by atoms with van der Waals surface area (Å²) in [5.74, 6) is -2.88. The minimum atomic E-state index is -1.09. The number of aliphatic carboxylic acids is 1. The summed E-state index contributed by atoms with van der Waals surface area (Å²) in [6.45, 7) is -0.166. The third kappa shape index (κ3) is 2.43. The molecule has 22 heavy (non-hydrogen) atoms. The molecule has 0 atom stereocenters. The summed E-state index contributed by atoms with van der Waals surface area (Å²) < 4.78 is 26.8. The van der Waals surface area contributed by atoms with Crippen LogP contribution in [0.15, 0.2) is 36.4 Å². The molecule has 0 saturated carbocycles. The van der Waals surface area contributed by atoms with Gasteiger partial charge in [-0.1, -0.05) is 12.1 Å². The van der Waals surface area contributed by atoms with Gasteiger partial charge < -0.3 is 10.0 Å². The Labute approximate surface area is 124 Å². The maximum atomic E-state index is 13.8. The lowest BCUT2D eigenvalue weighted by Gasteiger charge is -2.11. The minimum Gasteiger partial charge on any atom is -0.480 e. The van der Waals surface area contributed by atoms with Crippen molar-refractivity contribution in [1.82, 2.24) is 4.90 Å². The molecule has 112 valence electrons. The van der Waals surface area contributed by atoms with Crippen molar-refractivity contribution in [3.05, 3.63) is 59.2 Å². The van der Waals surface area contributed by atoms with E-state index in [9.17, 15) is 18.4 Å². The molecule has 0 aromatic heterocycles. The smallest absolute Gasteiger partial charge is 0.323 e. The number of carbonyl (C=O) groups excluding carboxylic acids is 1. The summed E-state index contributed by atoms with van der Waals surface area (Å²) in [5.41, 5.74) is 1.68. The molecule has 2 aromatic carbocycles. The second-order valence-corrected chi connectivity index (χ2v) is 5.05. The molecule has 1 amide bonds. The van der Waals surface area contributed by atoms with Crippen LogP contribution in [0.2, 0.25) is 0 Å². The largest absolute Gasteiger partial charge is 0.480 e. The summed E-state index contributed by atoms with van der Waals surface area (Å²) in [4.78, 5) is 24.1. The molecular formula is C16H11F2NO3. The van der Waals surface area contributed by atoms with E-state index in [4.69, 9.17) is 5.11 Å². The molecule has 1 N–H and O–H groups in total. The lowest BCUT2D eigenvalue weighted by Crippen LogP contribution is -2.29. The van der Waals surface area contributed by atoms with Crippen LogP contribution in [-0.4, -0.2) is 28.4 Å². The van der Waals surface area contributed by atoms with Crippen molar-refractivity contribution in [2.75, 3.05) is 6.54 Å². The molecule has 1 aliphatic heterocycles. The Bertz CT molecular complexity index is 789. The highest BCUT2D eigenvalue weighted by Gasteiger charge is 2.29. The van der Waals surface area contributed by atoms with Crippen molar-refractivity contribution in [3.63, 3.8) is 0 Å². The molecule has 0 aliphatic carbocycles. The molecule has 4 nitrogen and oxygen atoms in total. The summed E-state index contributed by atoms with van der Waals surface area (Å²) in [6, 6.07) is 8.03. The van der Waals surface area contributed by atoms with Crippen LogP contribution in [0.3, 0.4) is 0 Å². The molecule has 0 spiro atoms. The highest BCUT2D eigenvalue weighted by Crippen LogP contribution is 2.30. The number of hydrogen-bond acceptors (Lipinski definition) is 2. The predicted molar refractivity (Wildman–Crippen MR) is 74.2 cm³/mol. The van der Waals surface area contributed by atoms with Crippen molar-refractivity contribution in [1.29, 1.82) is 0 Å². The first-order valence-electron chi connectivity index (χ1n) is 6.55. The molecule has 3 rings (SSSR count). The van der Waals surface area contributed by atoms with E-state index < -0.39 is 23.5 Å². The summed E-state index contributed by atoms with van der Waals surface area (Å²) in [6.07, 6.45) is 0. The summed E-state index contributed by atoms with van der Waals surface area (Å²) >= 11 is 0. The maximum absolute atomic E-state index is 13.8. The molecule has 0 radical (unpaired) electrons. The fraction of sp³-hybridized carbons (Fsp3) is 0.125. The van der Waals surface area contributed by atoms with Crippen LogP contribution in [0.25, 0.3) is 11.1 Å². The van der Waals surface area contributed by atoms with Crippen molar-refractivity contribution in [2.45, 2.75) is 6.54 Å². The molecule has 0 fully saturated rings.